The highest BCUT2D eigenvalue weighted by atomic mass is 32.2. The summed E-state index contributed by atoms with van der Waals surface area (Å²) in [5.41, 5.74) is 5.89. The lowest BCUT2D eigenvalue weighted by Gasteiger charge is -2.23. The van der Waals surface area contributed by atoms with Crippen LogP contribution in [0.2, 0.25) is 0 Å². The van der Waals surface area contributed by atoms with Gasteiger partial charge in [-0.15, -0.1) is 0 Å². The number of nitrogen functional groups attached to an aromatic ring is 1. The van der Waals surface area contributed by atoms with Crippen molar-refractivity contribution in [2.75, 3.05) is 18.8 Å². The van der Waals surface area contributed by atoms with Crippen LogP contribution in [0.15, 0.2) is 23.2 Å². The Morgan fingerprint density at radius 3 is 2.74 bits per heavy atom. The highest BCUT2D eigenvalue weighted by Crippen LogP contribution is 2.32. The number of anilines is 1. The zero-order valence-corrected chi connectivity index (χ0v) is 12.3. The number of rotatable bonds is 2. The molecule has 6 heteroatoms. The summed E-state index contributed by atoms with van der Waals surface area (Å²) >= 11 is 0. The molecule has 2 heterocycles. The minimum Gasteiger partial charge on any atom is -0.383 e. The number of sulfonamides is 1. The van der Waals surface area contributed by atoms with Crippen molar-refractivity contribution in [3.05, 3.63) is 18.3 Å². The summed E-state index contributed by atoms with van der Waals surface area (Å²) in [6.07, 6.45) is 4.29. The van der Waals surface area contributed by atoms with E-state index in [1.54, 1.807) is 6.07 Å². The first kappa shape index (κ1) is 14.3. The molecule has 1 aliphatic rings. The third kappa shape index (κ3) is 3.06. The highest BCUT2D eigenvalue weighted by molar-refractivity contribution is 7.89. The highest BCUT2D eigenvalue weighted by Gasteiger charge is 2.31. The summed E-state index contributed by atoms with van der Waals surface area (Å²) < 4.78 is 26.7. The van der Waals surface area contributed by atoms with Crippen LogP contribution in [-0.2, 0) is 10.0 Å². The second-order valence-electron chi connectivity index (χ2n) is 5.81. The first-order valence-corrected chi connectivity index (χ1v) is 7.98. The van der Waals surface area contributed by atoms with Gasteiger partial charge in [-0.25, -0.2) is 13.4 Å². The summed E-state index contributed by atoms with van der Waals surface area (Å²) in [4.78, 5) is 3.98. The molecule has 1 fully saturated rings. The van der Waals surface area contributed by atoms with Gasteiger partial charge in [0.25, 0.3) is 0 Å². The molecule has 0 radical (unpaired) electrons. The maximum atomic E-state index is 12.6. The molecule has 1 saturated heterocycles. The van der Waals surface area contributed by atoms with Gasteiger partial charge in [0.1, 0.15) is 10.7 Å². The zero-order chi connectivity index (χ0) is 14.1. The Hall–Kier alpha value is -1.14. The topological polar surface area (TPSA) is 76.3 Å². The second kappa shape index (κ2) is 5.09. The molecule has 1 aromatic heterocycles. The van der Waals surface area contributed by atoms with Crippen molar-refractivity contribution in [3.63, 3.8) is 0 Å². The van der Waals surface area contributed by atoms with E-state index >= 15 is 0 Å². The summed E-state index contributed by atoms with van der Waals surface area (Å²) in [5, 5.41) is 0. The van der Waals surface area contributed by atoms with Gasteiger partial charge in [0, 0.05) is 19.3 Å². The predicted octanol–water partition coefficient (Wildman–Crippen LogP) is 1.86. The van der Waals surface area contributed by atoms with E-state index in [-0.39, 0.29) is 16.1 Å². The van der Waals surface area contributed by atoms with Crippen molar-refractivity contribution in [1.29, 1.82) is 0 Å². The Bertz CT molecular complexity index is 555. The third-order valence-corrected chi connectivity index (χ3v) is 5.66. The Kier molecular flexibility index (Phi) is 3.82. The van der Waals surface area contributed by atoms with Crippen molar-refractivity contribution < 1.29 is 8.42 Å². The van der Waals surface area contributed by atoms with Crippen molar-refractivity contribution in [3.8, 4) is 0 Å². The molecule has 0 aromatic carbocycles. The quantitative estimate of drug-likeness (QED) is 0.899. The molecule has 0 spiro atoms. The molecule has 106 valence electrons. The number of pyridine rings is 1. The van der Waals surface area contributed by atoms with Crippen LogP contribution in [0.5, 0.6) is 0 Å². The van der Waals surface area contributed by atoms with Gasteiger partial charge in [0.15, 0.2) is 0 Å². The van der Waals surface area contributed by atoms with Crippen molar-refractivity contribution in [1.82, 2.24) is 9.29 Å². The Labute approximate surface area is 114 Å². The molecule has 0 amide bonds. The van der Waals surface area contributed by atoms with Crippen molar-refractivity contribution >= 4 is 15.8 Å². The third-order valence-electron chi connectivity index (χ3n) is 3.72. The van der Waals surface area contributed by atoms with E-state index < -0.39 is 10.0 Å². The second-order valence-corrected chi connectivity index (χ2v) is 7.71. The van der Waals surface area contributed by atoms with Gasteiger partial charge >= 0.3 is 0 Å². The molecule has 0 saturated carbocycles. The fourth-order valence-corrected chi connectivity index (χ4v) is 3.95. The molecule has 5 nitrogen and oxygen atoms in total. The van der Waals surface area contributed by atoms with Crippen molar-refractivity contribution in [2.24, 2.45) is 5.41 Å². The first-order chi connectivity index (χ1) is 8.83. The Morgan fingerprint density at radius 1 is 1.32 bits per heavy atom. The maximum Gasteiger partial charge on any atom is 0.246 e. The number of hydrogen-bond acceptors (Lipinski definition) is 4. The van der Waals surface area contributed by atoms with Gasteiger partial charge < -0.3 is 5.73 Å². The summed E-state index contributed by atoms with van der Waals surface area (Å²) in [6.45, 7) is 5.47. The fraction of sp³-hybridized carbons (Fsp3) is 0.615. The van der Waals surface area contributed by atoms with Crippen LogP contribution in [-0.4, -0.2) is 30.8 Å². The number of nitrogens with two attached hydrogens (primary N) is 1. The molecule has 2 rings (SSSR count). The largest absolute Gasteiger partial charge is 0.383 e. The zero-order valence-electron chi connectivity index (χ0n) is 11.5. The normalized spacial score (nSPS) is 20.9. The minimum absolute atomic E-state index is 0.0750. The number of aromatic nitrogens is 1. The summed E-state index contributed by atoms with van der Waals surface area (Å²) in [5.74, 6) is 0.0750. The molecule has 0 aliphatic carbocycles. The molecular formula is C13H21N3O2S. The minimum atomic E-state index is -3.52. The van der Waals surface area contributed by atoms with Crippen LogP contribution in [0.1, 0.15) is 33.1 Å². The number of hydrogen-bond donors (Lipinski definition) is 1. The van der Waals surface area contributed by atoms with E-state index in [2.05, 4.69) is 18.8 Å². The van der Waals surface area contributed by atoms with Gasteiger partial charge in [-0.3, -0.25) is 0 Å². The Morgan fingerprint density at radius 2 is 2.05 bits per heavy atom. The first-order valence-electron chi connectivity index (χ1n) is 6.54. The smallest absolute Gasteiger partial charge is 0.246 e. The van der Waals surface area contributed by atoms with Crippen molar-refractivity contribution in [2.45, 2.75) is 38.0 Å². The van der Waals surface area contributed by atoms with E-state index in [0.29, 0.717) is 13.1 Å². The van der Waals surface area contributed by atoms with Gasteiger partial charge in [-0.1, -0.05) is 13.8 Å². The Balaban J connectivity index is 2.28. The van der Waals surface area contributed by atoms with Gasteiger partial charge in [0.2, 0.25) is 10.0 Å². The van der Waals surface area contributed by atoms with E-state index in [1.807, 2.05) is 0 Å². The SMILES string of the molecule is CC1(C)CCCN(S(=O)(=O)c2cccnc2N)CC1. The average molecular weight is 283 g/mol. The van der Waals surface area contributed by atoms with E-state index in [0.717, 1.165) is 19.3 Å². The van der Waals surface area contributed by atoms with E-state index in [4.69, 9.17) is 5.73 Å². The van der Waals surface area contributed by atoms with Crippen LogP contribution in [0.25, 0.3) is 0 Å². The van der Waals surface area contributed by atoms with E-state index in [1.165, 1.54) is 16.6 Å². The fourth-order valence-electron chi connectivity index (χ4n) is 2.40. The standard InChI is InChI=1S/C13H21N3O2S/c1-13(2)6-4-9-16(10-7-13)19(17,18)11-5-3-8-15-12(11)14/h3,5,8H,4,6-7,9-10H2,1-2H3,(H2,14,15). The maximum absolute atomic E-state index is 12.6. The summed E-state index contributed by atoms with van der Waals surface area (Å²) in [7, 11) is -3.52. The molecule has 19 heavy (non-hydrogen) atoms. The van der Waals surface area contributed by atoms with Gasteiger partial charge in [-0.05, 0) is 36.8 Å². The monoisotopic (exact) mass is 283 g/mol. The van der Waals surface area contributed by atoms with Crippen LogP contribution >= 0.6 is 0 Å². The van der Waals surface area contributed by atoms with Crippen LogP contribution < -0.4 is 5.73 Å². The van der Waals surface area contributed by atoms with Crippen LogP contribution in [0.3, 0.4) is 0 Å². The van der Waals surface area contributed by atoms with Gasteiger partial charge in [0.05, 0.1) is 0 Å². The molecular weight excluding hydrogens is 262 g/mol. The molecule has 1 aliphatic heterocycles. The molecule has 1 aromatic rings. The lowest BCUT2D eigenvalue weighted by atomic mass is 9.85. The predicted molar refractivity (Wildman–Crippen MR) is 75.0 cm³/mol. The molecule has 0 unspecified atom stereocenters. The van der Waals surface area contributed by atoms with E-state index in [9.17, 15) is 8.42 Å². The van der Waals surface area contributed by atoms with Gasteiger partial charge in [-0.2, -0.15) is 4.31 Å². The molecule has 0 bridgehead atoms. The lowest BCUT2D eigenvalue weighted by Crippen LogP contribution is -2.33. The molecule has 2 N–H and O–H groups in total. The molecule has 0 atom stereocenters. The summed E-state index contributed by atoms with van der Waals surface area (Å²) in [6, 6.07) is 3.12. The average Bonchev–Trinajstić information content (AvgIpc) is 2.51. The lowest BCUT2D eigenvalue weighted by molar-refractivity contribution is 0.315. The van der Waals surface area contributed by atoms with Crippen LogP contribution in [0.4, 0.5) is 5.82 Å². The van der Waals surface area contributed by atoms with Crippen LogP contribution in [0, 0.1) is 5.41 Å². The number of nitrogens with zero attached hydrogens (tertiary/aromatic N) is 2.